The predicted octanol–water partition coefficient (Wildman–Crippen LogP) is 1.45. The fourth-order valence-corrected chi connectivity index (χ4v) is 1.10. The fourth-order valence-electron chi connectivity index (χ4n) is 1.10. The number of nitrogens with two attached hydrogens (primary N) is 1. The Hall–Kier alpha value is -0.860. The van der Waals surface area contributed by atoms with Gasteiger partial charge in [0, 0.05) is 6.54 Å². The summed E-state index contributed by atoms with van der Waals surface area (Å²) >= 11 is 0. The molecule has 0 amide bonds. The summed E-state index contributed by atoms with van der Waals surface area (Å²) in [6.45, 7) is 7.24. The second-order valence-corrected chi connectivity index (χ2v) is 4.05. The third-order valence-corrected chi connectivity index (χ3v) is 1.98. The lowest BCUT2D eigenvalue weighted by Gasteiger charge is -2.06. The van der Waals surface area contributed by atoms with Crippen molar-refractivity contribution < 1.29 is 4.52 Å². The Morgan fingerprint density at radius 3 is 2.76 bits per heavy atom. The van der Waals surface area contributed by atoms with Gasteiger partial charge in [-0.1, -0.05) is 19.0 Å². The normalized spacial score (nSPS) is 11.4. The Morgan fingerprint density at radius 2 is 2.24 bits per heavy atom. The molecular weight excluding hydrogens is 333 g/mol. The van der Waals surface area contributed by atoms with E-state index >= 15 is 0 Å². The maximum Gasteiger partial charge on any atom is 0.248 e. The van der Waals surface area contributed by atoms with Gasteiger partial charge in [0.25, 0.3) is 0 Å². The highest BCUT2D eigenvalue weighted by atomic mass is 127. The van der Waals surface area contributed by atoms with Crippen LogP contribution in [0.15, 0.2) is 9.52 Å². The van der Waals surface area contributed by atoms with Crippen LogP contribution in [0.5, 0.6) is 0 Å². The van der Waals surface area contributed by atoms with Gasteiger partial charge in [0.1, 0.15) is 6.54 Å². The third kappa shape index (κ3) is 7.14. The Morgan fingerprint density at radius 1 is 1.53 bits per heavy atom. The van der Waals surface area contributed by atoms with E-state index in [-0.39, 0.29) is 24.0 Å². The Labute approximate surface area is 118 Å². The molecule has 0 saturated heterocycles. The number of hydrogen-bond acceptors (Lipinski definition) is 4. The molecule has 17 heavy (non-hydrogen) atoms. The number of aromatic nitrogens is 2. The number of rotatable bonds is 5. The molecule has 3 N–H and O–H groups in total. The van der Waals surface area contributed by atoms with Crippen LogP contribution in [0.4, 0.5) is 0 Å². The summed E-state index contributed by atoms with van der Waals surface area (Å²) in [4.78, 5) is 8.11. The van der Waals surface area contributed by atoms with Crippen LogP contribution >= 0.6 is 24.0 Å². The molecule has 1 heterocycles. The van der Waals surface area contributed by atoms with Gasteiger partial charge in [0.2, 0.25) is 5.89 Å². The molecule has 0 aliphatic rings. The number of halogens is 1. The van der Waals surface area contributed by atoms with E-state index in [4.69, 9.17) is 10.3 Å². The highest BCUT2D eigenvalue weighted by molar-refractivity contribution is 14.0. The topological polar surface area (TPSA) is 89.3 Å². The molecule has 98 valence electrons. The highest BCUT2D eigenvalue weighted by Crippen LogP contribution is 1.98. The Balaban J connectivity index is 0.00000256. The first-order valence-electron chi connectivity index (χ1n) is 5.41. The van der Waals surface area contributed by atoms with E-state index in [2.05, 4.69) is 34.3 Å². The van der Waals surface area contributed by atoms with Gasteiger partial charge in [-0.05, 0) is 19.3 Å². The number of guanidine groups is 1. The van der Waals surface area contributed by atoms with Gasteiger partial charge in [-0.15, -0.1) is 24.0 Å². The average molecular weight is 353 g/mol. The van der Waals surface area contributed by atoms with Crippen molar-refractivity contribution in [3.63, 3.8) is 0 Å². The first-order chi connectivity index (χ1) is 7.58. The van der Waals surface area contributed by atoms with Crippen LogP contribution < -0.4 is 11.1 Å². The van der Waals surface area contributed by atoms with Gasteiger partial charge in [-0.2, -0.15) is 4.98 Å². The number of aryl methyl sites for hydroxylation is 1. The minimum Gasteiger partial charge on any atom is -0.370 e. The van der Waals surface area contributed by atoms with Crippen LogP contribution in [0.25, 0.3) is 0 Å². The second kappa shape index (κ2) is 8.26. The van der Waals surface area contributed by atoms with Gasteiger partial charge in [0.15, 0.2) is 11.8 Å². The molecule has 0 unspecified atom stereocenters. The predicted molar refractivity (Wildman–Crippen MR) is 77.2 cm³/mol. The summed E-state index contributed by atoms with van der Waals surface area (Å²) < 4.78 is 4.91. The van der Waals surface area contributed by atoms with E-state index in [1.165, 1.54) is 0 Å². The van der Waals surface area contributed by atoms with E-state index in [0.29, 0.717) is 30.1 Å². The standard InChI is InChI=1S/C10H19N5O.HI/c1-7(2)4-5-12-10(11)13-6-9-14-8(3)15-16-9;/h7H,4-6H2,1-3H3,(H3,11,12,13);1H. The lowest BCUT2D eigenvalue weighted by Crippen LogP contribution is -2.32. The van der Waals surface area contributed by atoms with Crippen molar-refractivity contribution in [3.05, 3.63) is 11.7 Å². The monoisotopic (exact) mass is 353 g/mol. The molecule has 0 saturated carbocycles. The summed E-state index contributed by atoms with van der Waals surface area (Å²) in [5.74, 6) is 2.15. The van der Waals surface area contributed by atoms with Gasteiger partial charge in [0.05, 0.1) is 0 Å². The molecule has 1 rings (SSSR count). The summed E-state index contributed by atoms with van der Waals surface area (Å²) in [6, 6.07) is 0. The van der Waals surface area contributed by atoms with Gasteiger partial charge in [-0.3, -0.25) is 0 Å². The van der Waals surface area contributed by atoms with E-state index in [0.717, 1.165) is 13.0 Å². The molecule has 0 aromatic carbocycles. The number of nitrogens with zero attached hydrogens (tertiary/aromatic N) is 3. The number of nitrogens with one attached hydrogen (secondary N) is 1. The molecule has 0 aliphatic heterocycles. The molecular formula is C10H20IN5O. The van der Waals surface area contributed by atoms with Crippen LogP contribution in [0.3, 0.4) is 0 Å². The Kier molecular flexibility index (Phi) is 7.85. The van der Waals surface area contributed by atoms with Crippen LogP contribution in [-0.4, -0.2) is 22.6 Å². The minimum absolute atomic E-state index is 0. The minimum atomic E-state index is 0. The van der Waals surface area contributed by atoms with Gasteiger partial charge in [-0.25, -0.2) is 4.99 Å². The zero-order chi connectivity index (χ0) is 12.0. The maximum absolute atomic E-state index is 5.66. The number of hydrogen-bond donors (Lipinski definition) is 2. The van der Waals surface area contributed by atoms with Crippen LogP contribution in [0.2, 0.25) is 0 Å². The third-order valence-electron chi connectivity index (χ3n) is 1.98. The van der Waals surface area contributed by atoms with Crippen LogP contribution in [0, 0.1) is 12.8 Å². The van der Waals surface area contributed by atoms with Crippen molar-refractivity contribution >= 4 is 29.9 Å². The molecule has 6 nitrogen and oxygen atoms in total. The van der Waals surface area contributed by atoms with E-state index in [1.54, 1.807) is 6.92 Å². The van der Waals surface area contributed by atoms with Crippen molar-refractivity contribution in [2.45, 2.75) is 33.7 Å². The maximum atomic E-state index is 5.66. The zero-order valence-corrected chi connectivity index (χ0v) is 12.8. The molecule has 0 fully saturated rings. The molecule has 1 aromatic heterocycles. The number of aliphatic imine (C=N–C) groups is 1. The lowest BCUT2D eigenvalue weighted by molar-refractivity contribution is 0.376. The summed E-state index contributed by atoms with van der Waals surface area (Å²) in [5, 5.41) is 6.69. The Bertz CT molecular complexity index is 350. The van der Waals surface area contributed by atoms with Gasteiger partial charge >= 0.3 is 0 Å². The van der Waals surface area contributed by atoms with Crippen LogP contribution in [0.1, 0.15) is 32.0 Å². The van der Waals surface area contributed by atoms with E-state index < -0.39 is 0 Å². The van der Waals surface area contributed by atoms with Gasteiger partial charge < -0.3 is 15.6 Å². The van der Waals surface area contributed by atoms with Crippen molar-refractivity contribution in [2.24, 2.45) is 16.6 Å². The molecule has 0 atom stereocenters. The van der Waals surface area contributed by atoms with E-state index in [1.807, 2.05) is 0 Å². The highest BCUT2D eigenvalue weighted by Gasteiger charge is 2.01. The van der Waals surface area contributed by atoms with Crippen molar-refractivity contribution in [2.75, 3.05) is 6.54 Å². The molecule has 0 aliphatic carbocycles. The fraction of sp³-hybridized carbons (Fsp3) is 0.700. The molecule has 1 aromatic rings. The lowest BCUT2D eigenvalue weighted by atomic mass is 10.1. The summed E-state index contributed by atoms with van der Waals surface area (Å²) in [5.41, 5.74) is 5.66. The van der Waals surface area contributed by atoms with Crippen molar-refractivity contribution in [1.29, 1.82) is 0 Å². The molecule has 0 bridgehead atoms. The average Bonchev–Trinajstić information content (AvgIpc) is 2.61. The van der Waals surface area contributed by atoms with Crippen molar-refractivity contribution in [1.82, 2.24) is 15.5 Å². The molecule has 0 radical (unpaired) electrons. The molecule has 0 spiro atoms. The van der Waals surface area contributed by atoms with Crippen molar-refractivity contribution in [3.8, 4) is 0 Å². The quantitative estimate of drug-likeness (QED) is 0.475. The molecule has 7 heteroatoms. The summed E-state index contributed by atoms with van der Waals surface area (Å²) in [7, 11) is 0. The first-order valence-corrected chi connectivity index (χ1v) is 5.41. The summed E-state index contributed by atoms with van der Waals surface area (Å²) in [6.07, 6.45) is 1.07. The first kappa shape index (κ1) is 16.1. The van der Waals surface area contributed by atoms with Crippen LogP contribution in [-0.2, 0) is 6.54 Å². The smallest absolute Gasteiger partial charge is 0.248 e. The largest absolute Gasteiger partial charge is 0.370 e. The zero-order valence-electron chi connectivity index (χ0n) is 10.4. The second-order valence-electron chi connectivity index (χ2n) is 4.05. The van der Waals surface area contributed by atoms with E-state index in [9.17, 15) is 0 Å². The SMILES string of the molecule is Cc1noc(CN=C(N)NCCC(C)C)n1.I.